The van der Waals surface area contributed by atoms with Crippen LogP contribution in [0.25, 0.3) is 0 Å². The summed E-state index contributed by atoms with van der Waals surface area (Å²) in [5.74, 6) is -1.32. The molecule has 5 heteroatoms. The van der Waals surface area contributed by atoms with Gasteiger partial charge in [0, 0.05) is 12.8 Å². The molecule has 0 unspecified atom stereocenters. The number of hydrogen-bond donors (Lipinski definition) is 2. The SMILES string of the molecule is CCCCCCCC/C=C\CCCCCCCC(=O)O.CCCCCCCCCCCCCCCC(=O)O.[NaH]. The second kappa shape index (κ2) is 39.8. The van der Waals surface area contributed by atoms with E-state index in [1.807, 2.05) is 0 Å². The maximum absolute atomic E-state index is 10.3. The van der Waals surface area contributed by atoms with Crippen LogP contribution in [0.3, 0.4) is 0 Å². The van der Waals surface area contributed by atoms with Crippen LogP contribution >= 0.6 is 0 Å². The van der Waals surface area contributed by atoms with Crippen molar-refractivity contribution in [2.24, 2.45) is 0 Å². The van der Waals surface area contributed by atoms with Gasteiger partial charge in [-0.1, -0.05) is 154 Å². The molecule has 0 amide bonds. The van der Waals surface area contributed by atoms with Crippen LogP contribution in [0.15, 0.2) is 12.2 Å². The molecule has 2 N–H and O–H groups in total. The summed E-state index contributed by atoms with van der Waals surface area (Å²) in [7, 11) is 0. The first-order valence-electron chi connectivity index (χ1n) is 16.6. The van der Waals surface area contributed by atoms with Gasteiger partial charge in [0.05, 0.1) is 0 Å². The van der Waals surface area contributed by atoms with E-state index in [1.165, 1.54) is 141 Å². The molecule has 0 aliphatic carbocycles. The summed E-state index contributed by atoms with van der Waals surface area (Å²) in [6.45, 7) is 4.52. The molecule has 0 atom stereocenters. The standard InChI is InChI=1S/C18H34O2.C16H32O2.Na.H/c1-2-3-4-5-6-7-8-9-10-11-12-13-14-15-16-17-18(19)20;1-2-3-4-5-6-7-8-9-10-11-12-13-14-15-16(17)18;;/h9-10H,2-8,11-17H2,1H3,(H,19,20);2-15H2,1H3,(H,17,18);;/b10-9-;;;. The first-order valence-corrected chi connectivity index (χ1v) is 16.6. The van der Waals surface area contributed by atoms with Crippen LogP contribution in [0.2, 0.25) is 0 Å². The fraction of sp³-hybridized carbons (Fsp3) is 0.882. The van der Waals surface area contributed by atoms with Crippen LogP contribution in [0.1, 0.15) is 194 Å². The van der Waals surface area contributed by atoms with Crippen molar-refractivity contribution in [3.05, 3.63) is 12.2 Å². The third kappa shape index (κ3) is 47.8. The molecule has 0 saturated carbocycles. The molecule has 0 heterocycles. The Labute approximate surface area is 265 Å². The normalized spacial score (nSPS) is 10.7. The van der Waals surface area contributed by atoms with Crippen molar-refractivity contribution >= 4 is 41.5 Å². The zero-order valence-electron chi connectivity index (χ0n) is 25.7. The predicted molar refractivity (Wildman–Crippen MR) is 172 cm³/mol. The van der Waals surface area contributed by atoms with Crippen molar-refractivity contribution in [1.29, 1.82) is 0 Å². The van der Waals surface area contributed by atoms with Crippen LogP contribution in [0.4, 0.5) is 0 Å². The molecule has 0 aromatic carbocycles. The van der Waals surface area contributed by atoms with Crippen molar-refractivity contribution in [1.82, 2.24) is 0 Å². The average molecular weight is 563 g/mol. The average Bonchev–Trinajstić information content (AvgIpc) is 2.89. The predicted octanol–water partition coefficient (Wildman–Crippen LogP) is 11.0. The first-order chi connectivity index (χ1) is 18.5. The quantitative estimate of drug-likeness (QED) is 0.0540. The molecule has 0 aromatic rings. The van der Waals surface area contributed by atoms with E-state index in [0.717, 1.165) is 25.7 Å². The van der Waals surface area contributed by atoms with E-state index in [1.54, 1.807) is 0 Å². The topological polar surface area (TPSA) is 74.6 Å². The van der Waals surface area contributed by atoms with Gasteiger partial charge in [0.15, 0.2) is 0 Å². The van der Waals surface area contributed by atoms with Gasteiger partial charge in [0.1, 0.15) is 0 Å². The molecule has 0 fully saturated rings. The molecule has 228 valence electrons. The van der Waals surface area contributed by atoms with Crippen LogP contribution in [0.5, 0.6) is 0 Å². The molecule has 0 aliphatic heterocycles. The summed E-state index contributed by atoms with van der Waals surface area (Å²) in [6, 6.07) is 0. The number of hydrogen-bond acceptors (Lipinski definition) is 2. The number of carboxylic acids is 2. The Bertz CT molecular complexity index is 507. The zero-order valence-corrected chi connectivity index (χ0v) is 25.7. The third-order valence-electron chi connectivity index (χ3n) is 7.15. The summed E-state index contributed by atoms with van der Waals surface area (Å²) in [5.41, 5.74) is 0. The molecular weight excluding hydrogens is 495 g/mol. The fourth-order valence-corrected chi connectivity index (χ4v) is 4.64. The van der Waals surface area contributed by atoms with E-state index < -0.39 is 11.9 Å². The van der Waals surface area contributed by atoms with Crippen molar-refractivity contribution in [2.75, 3.05) is 0 Å². The number of aliphatic carboxylic acids is 2. The van der Waals surface area contributed by atoms with Gasteiger partial charge in [-0.25, -0.2) is 0 Å². The zero-order chi connectivity index (χ0) is 28.4. The third-order valence-corrected chi connectivity index (χ3v) is 7.15. The van der Waals surface area contributed by atoms with E-state index in [9.17, 15) is 9.59 Å². The number of carboxylic acid groups (broad SMARTS) is 2. The van der Waals surface area contributed by atoms with Crippen molar-refractivity contribution < 1.29 is 19.8 Å². The summed E-state index contributed by atoms with van der Waals surface area (Å²) in [4.78, 5) is 20.6. The van der Waals surface area contributed by atoms with Crippen molar-refractivity contribution in [2.45, 2.75) is 194 Å². The number of rotatable bonds is 29. The van der Waals surface area contributed by atoms with Crippen molar-refractivity contribution in [3.63, 3.8) is 0 Å². The monoisotopic (exact) mass is 562 g/mol. The summed E-state index contributed by atoms with van der Waals surface area (Å²) in [6.07, 6.45) is 38.5. The summed E-state index contributed by atoms with van der Waals surface area (Å²) >= 11 is 0. The van der Waals surface area contributed by atoms with Crippen molar-refractivity contribution in [3.8, 4) is 0 Å². The number of carbonyl (C=O) groups is 2. The molecule has 0 rings (SSSR count). The van der Waals surface area contributed by atoms with Crippen LogP contribution < -0.4 is 0 Å². The molecular formula is C34H67NaO4. The Morgan fingerprint density at radius 3 is 0.897 bits per heavy atom. The summed E-state index contributed by atoms with van der Waals surface area (Å²) in [5, 5.41) is 17.0. The number of allylic oxidation sites excluding steroid dienone is 2. The first kappa shape index (κ1) is 43.1. The minimum atomic E-state index is -0.664. The Morgan fingerprint density at radius 1 is 0.410 bits per heavy atom. The molecule has 0 aliphatic rings. The van der Waals surface area contributed by atoms with Gasteiger partial charge in [-0.3, -0.25) is 9.59 Å². The van der Waals surface area contributed by atoms with Gasteiger partial charge >= 0.3 is 41.5 Å². The Hall–Kier alpha value is -0.320. The van der Waals surface area contributed by atoms with Gasteiger partial charge in [-0.15, -0.1) is 0 Å². The second-order valence-corrected chi connectivity index (χ2v) is 11.1. The Morgan fingerprint density at radius 2 is 0.641 bits per heavy atom. The van der Waals surface area contributed by atoms with Gasteiger partial charge in [-0.05, 0) is 38.5 Å². The van der Waals surface area contributed by atoms with E-state index in [-0.39, 0.29) is 29.6 Å². The number of unbranched alkanes of at least 4 members (excludes halogenated alkanes) is 23. The fourth-order valence-electron chi connectivity index (χ4n) is 4.64. The molecule has 0 bridgehead atoms. The van der Waals surface area contributed by atoms with E-state index >= 15 is 0 Å². The van der Waals surface area contributed by atoms with Crippen LogP contribution in [-0.2, 0) is 9.59 Å². The van der Waals surface area contributed by atoms with Crippen LogP contribution in [0, 0.1) is 0 Å². The minimum absolute atomic E-state index is 0. The Kier molecular flexibility index (Phi) is 44.0. The second-order valence-electron chi connectivity index (χ2n) is 11.1. The molecule has 0 spiro atoms. The van der Waals surface area contributed by atoms with Gasteiger partial charge < -0.3 is 10.2 Å². The van der Waals surface area contributed by atoms with Crippen LogP contribution in [-0.4, -0.2) is 51.7 Å². The molecule has 0 aromatic heterocycles. The Balaban J connectivity index is -0.000000651. The van der Waals surface area contributed by atoms with Gasteiger partial charge in [0.2, 0.25) is 0 Å². The molecule has 4 nitrogen and oxygen atoms in total. The maximum atomic E-state index is 10.3. The van der Waals surface area contributed by atoms with Gasteiger partial charge in [-0.2, -0.15) is 0 Å². The molecule has 0 saturated heterocycles. The molecule has 0 radical (unpaired) electrons. The van der Waals surface area contributed by atoms with E-state index in [0.29, 0.717) is 12.8 Å². The van der Waals surface area contributed by atoms with E-state index in [2.05, 4.69) is 26.0 Å². The van der Waals surface area contributed by atoms with E-state index in [4.69, 9.17) is 10.2 Å². The summed E-state index contributed by atoms with van der Waals surface area (Å²) < 4.78 is 0. The molecule has 39 heavy (non-hydrogen) atoms. The van der Waals surface area contributed by atoms with Gasteiger partial charge in [0.25, 0.3) is 0 Å².